The lowest BCUT2D eigenvalue weighted by atomic mass is 10.2. The summed E-state index contributed by atoms with van der Waals surface area (Å²) in [6.07, 6.45) is 1.33. The molecule has 3 rings (SSSR count). The third kappa shape index (κ3) is 2.73. The molecule has 130 valence electrons. The molecule has 1 aromatic carbocycles. The van der Waals surface area contributed by atoms with Crippen LogP contribution in [0.1, 0.15) is 13.0 Å². The second-order valence-corrected chi connectivity index (χ2v) is 5.71. The predicted octanol–water partition coefficient (Wildman–Crippen LogP) is 0.772. The molecular formula is C16H16FN5O3. The molecule has 0 aliphatic carbocycles. The van der Waals surface area contributed by atoms with Gasteiger partial charge in [0.1, 0.15) is 11.9 Å². The Kier molecular flexibility index (Phi) is 3.99. The summed E-state index contributed by atoms with van der Waals surface area (Å²) in [6.45, 7) is 1.58. The Morgan fingerprint density at radius 3 is 2.64 bits per heavy atom. The van der Waals surface area contributed by atoms with E-state index in [4.69, 9.17) is 0 Å². The first kappa shape index (κ1) is 16.6. The van der Waals surface area contributed by atoms with Gasteiger partial charge in [-0.15, -0.1) is 0 Å². The Morgan fingerprint density at radius 2 is 1.96 bits per heavy atom. The van der Waals surface area contributed by atoms with Crippen LogP contribution in [0, 0.1) is 5.82 Å². The van der Waals surface area contributed by atoms with Crippen molar-refractivity contribution in [3.63, 3.8) is 0 Å². The minimum absolute atomic E-state index is 0.145. The van der Waals surface area contributed by atoms with Crippen LogP contribution in [0.2, 0.25) is 0 Å². The topological polar surface area (TPSA) is 90.9 Å². The van der Waals surface area contributed by atoms with Crippen molar-refractivity contribution in [3.8, 4) is 0 Å². The van der Waals surface area contributed by atoms with Crippen LogP contribution in [-0.4, -0.2) is 24.6 Å². The number of nitrogens with one attached hydrogen (secondary N) is 1. The molecule has 0 saturated carbocycles. The Bertz CT molecular complexity index is 1100. The van der Waals surface area contributed by atoms with Crippen LogP contribution in [0.25, 0.3) is 11.2 Å². The minimum Gasteiger partial charge on any atom is -0.324 e. The Labute approximate surface area is 141 Å². The fourth-order valence-corrected chi connectivity index (χ4v) is 2.60. The predicted molar refractivity (Wildman–Crippen MR) is 90.0 cm³/mol. The van der Waals surface area contributed by atoms with Gasteiger partial charge in [0, 0.05) is 19.8 Å². The zero-order chi connectivity index (χ0) is 18.3. The largest absolute Gasteiger partial charge is 0.332 e. The summed E-state index contributed by atoms with van der Waals surface area (Å²) in [4.78, 5) is 40.9. The highest BCUT2D eigenvalue weighted by Gasteiger charge is 2.22. The molecule has 0 saturated heterocycles. The summed E-state index contributed by atoms with van der Waals surface area (Å²) in [7, 11) is 2.86. The summed E-state index contributed by atoms with van der Waals surface area (Å²) >= 11 is 0. The number of hydrogen-bond donors (Lipinski definition) is 1. The van der Waals surface area contributed by atoms with Crippen molar-refractivity contribution in [3.05, 3.63) is 57.2 Å². The number of nitrogens with zero attached hydrogens (tertiary/aromatic N) is 4. The molecule has 1 unspecified atom stereocenters. The first-order chi connectivity index (χ1) is 11.8. The van der Waals surface area contributed by atoms with Crippen molar-refractivity contribution in [2.45, 2.75) is 13.0 Å². The van der Waals surface area contributed by atoms with Crippen molar-refractivity contribution < 1.29 is 9.18 Å². The average Bonchev–Trinajstić information content (AvgIpc) is 3.02. The number of carbonyl (C=O) groups excluding carboxylic acids is 1. The number of anilines is 1. The lowest BCUT2D eigenvalue weighted by Gasteiger charge is -2.15. The molecule has 1 atom stereocenters. The van der Waals surface area contributed by atoms with Crippen LogP contribution in [0.3, 0.4) is 0 Å². The van der Waals surface area contributed by atoms with E-state index in [1.54, 1.807) is 13.0 Å². The van der Waals surface area contributed by atoms with Gasteiger partial charge in [-0.3, -0.25) is 18.7 Å². The van der Waals surface area contributed by atoms with E-state index in [1.165, 1.54) is 47.8 Å². The molecule has 0 fully saturated rings. The second kappa shape index (κ2) is 6.00. The van der Waals surface area contributed by atoms with Gasteiger partial charge < -0.3 is 9.88 Å². The maximum Gasteiger partial charge on any atom is 0.332 e. The molecule has 8 nitrogen and oxygen atoms in total. The molecule has 3 aromatic rings. The number of aryl methyl sites for hydroxylation is 1. The summed E-state index contributed by atoms with van der Waals surface area (Å²) in [5.41, 5.74) is -0.396. The van der Waals surface area contributed by atoms with Gasteiger partial charge in [0.05, 0.1) is 6.33 Å². The van der Waals surface area contributed by atoms with Crippen LogP contribution < -0.4 is 16.6 Å². The zero-order valence-corrected chi connectivity index (χ0v) is 13.9. The molecule has 1 amide bonds. The number of imidazole rings is 1. The van der Waals surface area contributed by atoms with Crippen molar-refractivity contribution in [1.29, 1.82) is 0 Å². The minimum atomic E-state index is -0.793. The third-order valence-electron chi connectivity index (χ3n) is 4.06. The highest BCUT2D eigenvalue weighted by atomic mass is 19.1. The zero-order valence-electron chi connectivity index (χ0n) is 13.9. The number of benzene rings is 1. The summed E-state index contributed by atoms with van der Waals surface area (Å²) < 4.78 is 16.8. The molecule has 25 heavy (non-hydrogen) atoms. The van der Waals surface area contributed by atoms with Gasteiger partial charge in [-0.05, 0) is 25.1 Å². The van der Waals surface area contributed by atoms with Crippen LogP contribution in [0.4, 0.5) is 10.1 Å². The van der Waals surface area contributed by atoms with Crippen molar-refractivity contribution in [2.24, 2.45) is 14.1 Å². The van der Waals surface area contributed by atoms with Gasteiger partial charge in [-0.25, -0.2) is 14.2 Å². The molecule has 0 bridgehead atoms. The van der Waals surface area contributed by atoms with Crippen LogP contribution in [0.15, 0.2) is 40.2 Å². The van der Waals surface area contributed by atoms with Crippen molar-refractivity contribution in [2.75, 3.05) is 5.32 Å². The highest BCUT2D eigenvalue weighted by Crippen LogP contribution is 2.16. The fraction of sp³-hybridized carbons (Fsp3) is 0.250. The Hall–Kier alpha value is -3.23. The standard InChI is InChI=1S/C16H16FN5O3/c1-9(14(23)19-11-6-4-5-10(17)7-11)22-8-18-13-12(22)15(24)21(3)16(25)20(13)2/h4-9H,1-3H3,(H,19,23). The maximum atomic E-state index is 13.2. The number of fused-ring (bicyclic) bond motifs is 1. The second-order valence-electron chi connectivity index (χ2n) is 5.71. The lowest BCUT2D eigenvalue weighted by molar-refractivity contribution is -0.118. The lowest BCUT2D eigenvalue weighted by Crippen LogP contribution is -2.38. The van der Waals surface area contributed by atoms with E-state index in [9.17, 15) is 18.8 Å². The smallest absolute Gasteiger partial charge is 0.324 e. The molecule has 0 spiro atoms. The molecule has 2 aromatic heterocycles. The molecule has 1 N–H and O–H groups in total. The third-order valence-corrected chi connectivity index (χ3v) is 4.06. The Morgan fingerprint density at radius 1 is 1.24 bits per heavy atom. The van der Waals surface area contributed by atoms with Crippen LogP contribution in [-0.2, 0) is 18.9 Å². The van der Waals surface area contributed by atoms with E-state index in [-0.39, 0.29) is 11.2 Å². The van der Waals surface area contributed by atoms with Gasteiger partial charge in [0.15, 0.2) is 11.2 Å². The monoisotopic (exact) mass is 345 g/mol. The summed E-state index contributed by atoms with van der Waals surface area (Å²) in [6, 6.07) is 4.71. The number of hydrogen-bond acceptors (Lipinski definition) is 4. The van der Waals surface area contributed by atoms with Gasteiger partial charge in [-0.1, -0.05) is 6.07 Å². The van der Waals surface area contributed by atoms with Gasteiger partial charge in [-0.2, -0.15) is 0 Å². The quantitative estimate of drug-likeness (QED) is 0.759. The van der Waals surface area contributed by atoms with Crippen LogP contribution in [0.5, 0.6) is 0 Å². The van der Waals surface area contributed by atoms with Crippen molar-refractivity contribution in [1.82, 2.24) is 18.7 Å². The number of amides is 1. The van der Waals surface area contributed by atoms with Gasteiger partial charge >= 0.3 is 5.69 Å². The molecule has 0 radical (unpaired) electrons. The molecular weight excluding hydrogens is 329 g/mol. The summed E-state index contributed by atoms with van der Waals surface area (Å²) in [5, 5.41) is 2.59. The molecule has 0 aliphatic heterocycles. The van der Waals surface area contributed by atoms with Crippen molar-refractivity contribution >= 4 is 22.8 Å². The van der Waals surface area contributed by atoms with Gasteiger partial charge in [0.2, 0.25) is 5.91 Å². The van der Waals surface area contributed by atoms with Gasteiger partial charge in [0.25, 0.3) is 5.56 Å². The first-order valence-corrected chi connectivity index (χ1v) is 7.50. The molecule has 0 aliphatic rings. The first-order valence-electron chi connectivity index (χ1n) is 7.50. The normalized spacial score (nSPS) is 12.3. The SMILES string of the molecule is CC(C(=O)Nc1cccc(F)c1)n1cnc2c1c(=O)n(C)c(=O)n2C. The van der Waals surface area contributed by atoms with E-state index in [2.05, 4.69) is 10.3 Å². The van der Waals surface area contributed by atoms with E-state index >= 15 is 0 Å². The van der Waals surface area contributed by atoms with E-state index < -0.39 is 29.0 Å². The fourth-order valence-electron chi connectivity index (χ4n) is 2.60. The molecule has 9 heteroatoms. The number of carbonyl (C=O) groups is 1. The number of halogens is 1. The highest BCUT2D eigenvalue weighted by molar-refractivity contribution is 5.94. The van der Waals surface area contributed by atoms with E-state index in [0.717, 1.165) is 4.57 Å². The number of rotatable bonds is 3. The average molecular weight is 345 g/mol. The molecule has 2 heterocycles. The maximum absolute atomic E-state index is 13.2. The van der Waals surface area contributed by atoms with E-state index in [0.29, 0.717) is 5.69 Å². The number of aromatic nitrogens is 4. The van der Waals surface area contributed by atoms with Crippen LogP contribution >= 0.6 is 0 Å². The van der Waals surface area contributed by atoms with E-state index in [1.807, 2.05) is 0 Å². The Balaban J connectivity index is 2.03. The summed E-state index contributed by atoms with van der Waals surface area (Å²) in [5.74, 6) is -0.914.